The number of nitrogens with zero attached hydrogens (tertiary/aromatic N) is 2. The second kappa shape index (κ2) is 5.05. The van der Waals surface area contributed by atoms with Crippen molar-refractivity contribution in [2.24, 2.45) is 5.92 Å². The molecule has 1 atom stereocenters. The maximum absolute atomic E-state index is 6.14. The molecule has 0 radical (unpaired) electrons. The largest absolute Gasteiger partial charge is 0.357 e. The van der Waals surface area contributed by atoms with Crippen molar-refractivity contribution in [3.05, 3.63) is 23.9 Å². The molecule has 2 heterocycles. The van der Waals surface area contributed by atoms with E-state index in [1.54, 1.807) is 0 Å². The molecule has 1 aliphatic rings. The van der Waals surface area contributed by atoms with Gasteiger partial charge in [0.2, 0.25) is 0 Å². The average Bonchev–Trinajstić information content (AvgIpc) is 2.30. The van der Waals surface area contributed by atoms with Gasteiger partial charge in [0.25, 0.3) is 0 Å². The summed E-state index contributed by atoms with van der Waals surface area (Å²) < 4.78 is 0. The average molecular weight is 239 g/mol. The molecule has 0 saturated carbocycles. The van der Waals surface area contributed by atoms with Crippen LogP contribution in [0.15, 0.2) is 18.3 Å². The lowest BCUT2D eigenvalue weighted by atomic mass is 9.94. The minimum Gasteiger partial charge on any atom is -0.357 e. The third-order valence-electron chi connectivity index (χ3n) is 3.41. The third-order valence-corrected chi connectivity index (χ3v) is 3.77. The van der Waals surface area contributed by atoms with Crippen LogP contribution in [0.25, 0.3) is 0 Å². The van der Waals surface area contributed by atoms with Gasteiger partial charge in [0.1, 0.15) is 5.82 Å². The molecular formula is C13H19ClN2. The smallest absolute Gasteiger partial charge is 0.128 e. The van der Waals surface area contributed by atoms with Gasteiger partial charge in [-0.25, -0.2) is 4.98 Å². The molecule has 1 aromatic heterocycles. The SMILES string of the molecule is Cc1ccc(N2CCC(C(C)Cl)CC2)nc1. The zero-order valence-electron chi connectivity index (χ0n) is 9.99. The Balaban J connectivity index is 1.96. The fourth-order valence-electron chi connectivity index (χ4n) is 2.23. The predicted molar refractivity (Wildman–Crippen MR) is 69.2 cm³/mol. The van der Waals surface area contributed by atoms with E-state index in [1.165, 1.54) is 18.4 Å². The fourth-order valence-corrected chi connectivity index (χ4v) is 2.49. The summed E-state index contributed by atoms with van der Waals surface area (Å²) >= 11 is 6.14. The van der Waals surface area contributed by atoms with Gasteiger partial charge < -0.3 is 4.90 Å². The van der Waals surface area contributed by atoms with Crippen LogP contribution in [0, 0.1) is 12.8 Å². The number of aromatic nitrogens is 1. The van der Waals surface area contributed by atoms with E-state index in [2.05, 4.69) is 35.9 Å². The minimum absolute atomic E-state index is 0.299. The molecule has 1 aromatic rings. The number of rotatable bonds is 2. The molecule has 0 N–H and O–H groups in total. The van der Waals surface area contributed by atoms with Crippen molar-refractivity contribution in [1.29, 1.82) is 0 Å². The van der Waals surface area contributed by atoms with Crippen LogP contribution in [0.3, 0.4) is 0 Å². The van der Waals surface area contributed by atoms with Crippen LogP contribution in [-0.2, 0) is 0 Å². The maximum Gasteiger partial charge on any atom is 0.128 e. The molecule has 1 fully saturated rings. The third kappa shape index (κ3) is 2.67. The standard InChI is InChI=1S/C13H19ClN2/c1-10-3-4-13(15-9-10)16-7-5-12(6-8-16)11(2)14/h3-4,9,11-12H,5-8H2,1-2H3. The molecule has 0 spiro atoms. The molecule has 88 valence electrons. The molecule has 1 unspecified atom stereocenters. The first-order chi connectivity index (χ1) is 7.66. The number of hydrogen-bond acceptors (Lipinski definition) is 2. The van der Waals surface area contributed by atoms with Crippen molar-refractivity contribution >= 4 is 17.4 Å². The predicted octanol–water partition coefficient (Wildman–Crippen LogP) is 3.23. The van der Waals surface area contributed by atoms with Crippen molar-refractivity contribution in [3.8, 4) is 0 Å². The van der Waals surface area contributed by atoms with Crippen LogP contribution in [0.1, 0.15) is 25.3 Å². The summed E-state index contributed by atoms with van der Waals surface area (Å²) in [5, 5.41) is 0.299. The number of pyridine rings is 1. The van der Waals surface area contributed by atoms with Gasteiger partial charge in [-0.05, 0) is 44.2 Å². The highest BCUT2D eigenvalue weighted by Crippen LogP contribution is 2.26. The molecular weight excluding hydrogens is 220 g/mol. The topological polar surface area (TPSA) is 16.1 Å². The fraction of sp³-hybridized carbons (Fsp3) is 0.615. The van der Waals surface area contributed by atoms with Gasteiger partial charge in [0.15, 0.2) is 0 Å². The number of piperidine rings is 1. The van der Waals surface area contributed by atoms with Gasteiger partial charge in [0, 0.05) is 24.7 Å². The first-order valence-electron chi connectivity index (χ1n) is 5.98. The number of halogens is 1. The summed E-state index contributed by atoms with van der Waals surface area (Å²) in [6.07, 6.45) is 4.30. The Bertz CT molecular complexity index is 326. The Morgan fingerprint density at radius 3 is 2.56 bits per heavy atom. The highest BCUT2D eigenvalue weighted by molar-refractivity contribution is 6.20. The number of alkyl halides is 1. The quantitative estimate of drug-likeness (QED) is 0.736. The van der Waals surface area contributed by atoms with E-state index < -0.39 is 0 Å². The molecule has 0 aromatic carbocycles. The van der Waals surface area contributed by atoms with Crippen LogP contribution in [-0.4, -0.2) is 23.5 Å². The van der Waals surface area contributed by atoms with Crippen molar-refractivity contribution in [3.63, 3.8) is 0 Å². The van der Waals surface area contributed by atoms with E-state index in [0.717, 1.165) is 18.9 Å². The number of anilines is 1. The van der Waals surface area contributed by atoms with Crippen molar-refractivity contribution in [2.75, 3.05) is 18.0 Å². The second-order valence-electron chi connectivity index (χ2n) is 4.70. The summed E-state index contributed by atoms with van der Waals surface area (Å²) in [6, 6.07) is 4.23. The lowest BCUT2D eigenvalue weighted by Gasteiger charge is -2.33. The van der Waals surface area contributed by atoms with E-state index in [-0.39, 0.29) is 0 Å². The second-order valence-corrected chi connectivity index (χ2v) is 5.38. The Labute approximate surface area is 103 Å². The van der Waals surface area contributed by atoms with E-state index in [9.17, 15) is 0 Å². The van der Waals surface area contributed by atoms with Gasteiger partial charge in [-0.15, -0.1) is 11.6 Å². The molecule has 2 rings (SSSR count). The lowest BCUT2D eigenvalue weighted by molar-refractivity contribution is 0.399. The van der Waals surface area contributed by atoms with E-state index in [0.29, 0.717) is 11.3 Å². The molecule has 16 heavy (non-hydrogen) atoms. The summed E-state index contributed by atoms with van der Waals surface area (Å²) in [5.74, 6) is 1.77. The van der Waals surface area contributed by atoms with Crippen LogP contribution in [0.5, 0.6) is 0 Å². The summed E-state index contributed by atoms with van der Waals surface area (Å²) in [4.78, 5) is 6.82. The first-order valence-corrected chi connectivity index (χ1v) is 6.42. The molecule has 2 nitrogen and oxygen atoms in total. The Kier molecular flexibility index (Phi) is 3.70. The van der Waals surface area contributed by atoms with E-state index in [1.807, 2.05) is 6.20 Å². The summed E-state index contributed by atoms with van der Waals surface area (Å²) in [7, 11) is 0. The summed E-state index contributed by atoms with van der Waals surface area (Å²) in [5.41, 5.74) is 1.22. The zero-order valence-corrected chi connectivity index (χ0v) is 10.7. The Morgan fingerprint density at radius 1 is 1.38 bits per heavy atom. The zero-order chi connectivity index (χ0) is 11.5. The van der Waals surface area contributed by atoms with Gasteiger partial charge in [-0.2, -0.15) is 0 Å². The summed E-state index contributed by atoms with van der Waals surface area (Å²) in [6.45, 7) is 6.33. The van der Waals surface area contributed by atoms with Crippen LogP contribution < -0.4 is 4.90 Å². The van der Waals surface area contributed by atoms with Gasteiger partial charge in [-0.1, -0.05) is 6.07 Å². The van der Waals surface area contributed by atoms with Crippen LogP contribution in [0.4, 0.5) is 5.82 Å². The lowest BCUT2D eigenvalue weighted by Crippen LogP contribution is -2.36. The van der Waals surface area contributed by atoms with Crippen molar-refractivity contribution < 1.29 is 0 Å². The maximum atomic E-state index is 6.14. The monoisotopic (exact) mass is 238 g/mol. The molecule has 0 amide bonds. The van der Waals surface area contributed by atoms with Gasteiger partial charge >= 0.3 is 0 Å². The number of hydrogen-bond donors (Lipinski definition) is 0. The van der Waals surface area contributed by atoms with Crippen molar-refractivity contribution in [2.45, 2.75) is 32.1 Å². The van der Waals surface area contributed by atoms with Crippen LogP contribution in [0.2, 0.25) is 0 Å². The van der Waals surface area contributed by atoms with E-state index >= 15 is 0 Å². The minimum atomic E-state index is 0.299. The highest BCUT2D eigenvalue weighted by atomic mass is 35.5. The Hall–Kier alpha value is -0.760. The molecule has 0 bridgehead atoms. The Morgan fingerprint density at radius 2 is 2.06 bits per heavy atom. The molecule has 1 saturated heterocycles. The molecule has 3 heteroatoms. The number of aryl methyl sites for hydroxylation is 1. The van der Waals surface area contributed by atoms with Gasteiger partial charge in [0.05, 0.1) is 0 Å². The van der Waals surface area contributed by atoms with Crippen LogP contribution >= 0.6 is 11.6 Å². The normalized spacial score (nSPS) is 19.8. The highest BCUT2D eigenvalue weighted by Gasteiger charge is 2.23. The molecule has 0 aliphatic carbocycles. The van der Waals surface area contributed by atoms with E-state index in [4.69, 9.17) is 11.6 Å². The molecule has 1 aliphatic heterocycles. The first kappa shape index (κ1) is 11.7. The van der Waals surface area contributed by atoms with Gasteiger partial charge in [-0.3, -0.25) is 0 Å². The van der Waals surface area contributed by atoms with Crippen molar-refractivity contribution in [1.82, 2.24) is 4.98 Å².